The van der Waals surface area contributed by atoms with Crippen LogP contribution in [0.15, 0.2) is 46.0 Å². The van der Waals surface area contributed by atoms with E-state index >= 15 is 0 Å². The van der Waals surface area contributed by atoms with E-state index in [0.717, 1.165) is 12.1 Å². The summed E-state index contributed by atoms with van der Waals surface area (Å²) in [6, 6.07) is 5.88. The van der Waals surface area contributed by atoms with E-state index < -0.39 is 40.0 Å². The fraction of sp³-hybridized carbons (Fsp3) is 0.231. The molecule has 0 bridgehead atoms. The van der Waals surface area contributed by atoms with Crippen molar-refractivity contribution >= 4 is 21.4 Å². The Morgan fingerprint density at radius 2 is 1.82 bits per heavy atom. The molecule has 0 amide bonds. The minimum absolute atomic E-state index is 0.230. The molecule has 1 heterocycles. The Morgan fingerprint density at radius 3 is 2.36 bits per heavy atom. The number of hydrogen-bond donors (Lipinski definition) is 0. The van der Waals surface area contributed by atoms with Gasteiger partial charge in [0, 0.05) is 6.54 Å². The van der Waals surface area contributed by atoms with Crippen LogP contribution in [0.1, 0.15) is 5.56 Å². The molecule has 0 N–H and O–H groups in total. The second-order valence-electron chi connectivity index (χ2n) is 4.45. The van der Waals surface area contributed by atoms with E-state index in [4.69, 9.17) is 0 Å². The Morgan fingerprint density at radius 1 is 1.14 bits per heavy atom. The molecule has 0 aliphatic heterocycles. The summed E-state index contributed by atoms with van der Waals surface area (Å²) in [6.45, 7) is -2.15. The molecule has 2 aromatic rings. The van der Waals surface area contributed by atoms with Crippen LogP contribution in [0.2, 0.25) is 0 Å². The Labute approximate surface area is 128 Å². The molecule has 0 radical (unpaired) electrons. The first-order chi connectivity index (χ1) is 10.2. The molecule has 0 saturated heterocycles. The summed E-state index contributed by atoms with van der Waals surface area (Å²) in [6.07, 6.45) is -4.73. The lowest BCUT2D eigenvalue weighted by atomic mass is 10.3. The predicted octanol–water partition coefficient (Wildman–Crippen LogP) is 3.64. The van der Waals surface area contributed by atoms with Crippen LogP contribution in [-0.4, -0.2) is 25.4 Å². The van der Waals surface area contributed by atoms with Gasteiger partial charge in [0.05, 0.1) is 0 Å². The van der Waals surface area contributed by atoms with Crippen LogP contribution >= 0.6 is 11.3 Å². The zero-order valence-corrected chi connectivity index (χ0v) is 12.7. The quantitative estimate of drug-likeness (QED) is 0.770. The highest BCUT2D eigenvalue weighted by Crippen LogP contribution is 2.26. The number of halogens is 4. The van der Waals surface area contributed by atoms with Gasteiger partial charge in [-0.1, -0.05) is 12.1 Å². The molecule has 0 spiro atoms. The van der Waals surface area contributed by atoms with Crippen LogP contribution in [0, 0.1) is 5.82 Å². The zero-order chi connectivity index (χ0) is 16.4. The van der Waals surface area contributed by atoms with Crippen LogP contribution in [0.25, 0.3) is 0 Å². The van der Waals surface area contributed by atoms with Gasteiger partial charge in [0.25, 0.3) is 0 Å². The largest absolute Gasteiger partial charge is 0.402 e. The third-order valence-electron chi connectivity index (χ3n) is 2.75. The van der Waals surface area contributed by atoms with Gasteiger partial charge in [-0.2, -0.15) is 28.8 Å². The number of benzene rings is 1. The standard InChI is InChI=1S/C13H11F4NO2S2/c14-11-3-1-2-4-12(11)22(19,20)18(9-13(15,16)17)7-10-5-6-21-8-10/h1-6,8H,7,9H2. The van der Waals surface area contributed by atoms with Gasteiger partial charge in [-0.3, -0.25) is 0 Å². The van der Waals surface area contributed by atoms with Crippen LogP contribution in [0.5, 0.6) is 0 Å². The first kappa shape index (κ1) is 16.9. The monoisotopic (exact) mass is 353 g/mol. The van der Waals surface area contributed by atoms with Crippen LogP contribution < -0.4 is 0 Å². The topological polar surface area (TPSA) is 37.4 Å². The molecule has 0 aliphatic rings. The fourth-order valence-electron chi connectivity index (χ4n) is 1.81. The molecule has 0 fully saturated rings. The second-order valence-corrected chi connectivity index (χ2v) is 7.14. The summed E-state index contributed by atoms with van der Waals surface area (Å²) in [7, 11) is -4.60. The predicted molar refractivity (Wildman–Crippen MR) is 74.4 cm³/mol. The Bertz CT molecular complexity index is 727. The highest BCUT2D eigenvalue weighted by atomic mass is 32.2. The average molecular weight is 353 g/mol. The molecule has 22 heavy (non-hydrogen) atoms. The van der Waals surface area contributed by atoms with Crippen LogP contribution in [-0.2, 0) is 16.6 Å². The number of nitrogens with zero attached hydrogens (tertiary/aromatic N) is 1. The molecular weight excluding hydrogens is 342 g/mol. The molecular formula is C13H11F4NO2S2. The van der Waals surface area contributed by atoms with E-state index in [0.29, 0.717) is 5.56 Å². The smallest absolute Gasteiger partial charge is 0.207 e. The molecule has 0 atom stereocenters. The van der Waals surface area contributed by atoms with Crippen molar-refractivity contribution in [1.29, 1.82) is 0 Å². The van der Waals surface area contributed by atoms with Gasteiger partial charge in [-0.15, -0.1) is 0 Å². The van der Waals surface area contributed by atoms with Crippen LogP contribution in [0.3, 0.4) is 0 Å². The van der Waals surface area contributed by atoms with Gasteiger partial charge >= 0.3 is 6.18 Å². The van der Waals surface area contributed by atoms with Crippen molar-refractivity contribution in [3.63, 3.8) is 0 Å². The van der Waals surface area contributed by atoms with Crippen molar-refractivity contribution in [3.05, 3.63) is 52.5 Å². The summed E-state index contributed by atoms with van der Waals surface area (Å²) < 4.78 is 76.6. The maximum absolute atomic E-state index is 13.7. The van der Waals surface area contributed by atoms with Gasteiger partial charge in [0.2, 0.25) is 10.0 Å². The first-order valence-electron chi connectivity index (χ1n) is 6.02. The van der Waals surface area contributed by atoms with E-state index in [1.165, 1.54) is 29.5 Å². The number of rotatable bonds is 5. The van der Waals surface area contributed by atoms with Gasteiger partial charge in [0.15, 0.2) is 0 Å². The molecule has 1 aromatic carbocycles. The fourth-order valence-corrected chi connectivity index (χ4v) is 3.94. The summed E-state index contributed by atoms with van der Waals surface area (Å²) in [5.74, 6) is -1.08. The number of alkyl halides is 3. The zero-order valence-electron chi connectivity index (χ0n) is 11.0. The molecule has 0 unspecified atom stereocenters. The highest BCUT2D eigenvalue weighted by Gasteiger charge is 2.38. The molecule has 1 aromatic heterocycles. The molecule has 0 saturated carbocycles. The van der Waals surface area contributed by atoms with Crippen molar-refractivity contribution in [2.75, 3.05) is 6.54 Å². The van der Waals surface area contributed by atoms with Crippen molar-refractivity contribution in [2.45, 2.75) is 17.6 Å². The summed E-state index contributed by atoms with van der Waals surface area (Å²) in [5.41, 5.74) is 0.411. The minimum Gasteiger partial charge on any atom is -0.207 e. The van der Waals surface area contributed by atoms with Crippen LogP contribution in [0.4, 0.5) is 17.6 Å². The molecule has 2 rings (SSSR count). The van der Waals surface area contributed by atoms with Gasteiger partial charge in [-0.05, 0) is 34.5 Å². The maximum Gasteiger partial charge on any atom is 0.402 e. The lowest BCUT2D eigenvalue weighted by Gasteiger charge is -2.23. The number of sulfonamides is 1. The summed E-state index contributed by atoms with van der Waals surface area (Å²) >= 11 is 1.23. The summed E-state index contributed by atoms with van der Waals surface area (Å²) in [4.78, 5) is -0.769. The van der Waals surface area contributed by atoms with Crippen molar-refractivity contribution in [3.8, 4) is 0 Å². The third-order valence-corrected chi connectivity index (χ3v) is 5.31. The average Bonchev–Trinajstić information content (AvgIpc) is 2.89. The Hall–Kier alpha value is -1.45. The Kier molecular flexibility index (Phi) is 4.88. The van der Waals surface area contributed by atoms with E-state index in [-0.39, 0.29) is 4.31 Å². The molecule has 9 heteroatoms. The molecule has 0 aliphatic carbocycles. The third kappa shape index (κ3) is 4.05. The molecule has 120 valence electrons. The SMILES string of the molecule is O=S(=O)(c1ccccc1F)N(Cc1ccsc1)CC(F)(F)F. The van der Waals surface area contributed by atoms with E-state index in [9.17, 15) is 26.0 Å². The first-order valence-corrected chi connectivity index (χ1v) is 8.41. The lowest BCUT2D eigenvalue weighted by molar-refractivity contribution is -0.136. The highest BCUT2D eigenvalue weighted by molar-refractivity contribution is 7.89. The minimum atomic E-state index is -4.73. The molecule has 3 nitrogen and oxygen atoms in total. The van der Waals surface area contributed by atoms with Crippen molar-refractivity contribution < 1.29 is 26.0 Å². The van der Waals surface area contributed by atoms with Gasteiger partial charge < -0.3 is 0 Å². The van der Waals surface area contributed by atoms with Gasteiger partial charge in [-0.25, -0.2) is 12.8 Å². The second kappa shape index (κ2) is 6.35. The maximum atomic E-state index is 13.7. The lowest BCUT2D eigenvalue weighted by Crippen LogP contribution is -2.38. The Balaban J connectivity index is 2.41. The van der Waals surface area contributed by atoms with Crippen molar-refractivity contribution in [1.82, 2.24) is 4.31 Å². The summed E-state index contributed by atoms with van der Waals surface area (Å²) in [5, 5.41) is 3.16. The normalized spacial score (nSPS) is 12.8. The van der Waals surface area contributed by atoms with Crippen molar-refractivity contribution in [2.24, 2.45) is 0 Å². The van der Waals surface area contributed by atoms with Gasteiger partial charge in [0.1, 0.15) is 17.3 Å². The number of hydrogen-bond acceptors (Lipinski definition) is 3. The van der Waals surface area contributed by atoms with E-state index in [1.54, 1.807) is 10.8 Å². The van der Waals surface area contributed by atoms with E-state index in [1.807, 2.05) is 0 Å². The number of thiophene rings is 1. The van der Waals surface area contributed by atoms with E-state index in [2.05, 4.69) is 0 Å².